The Hall–Kier alpha value is -3.30. The summed E-state index contributed by atoms with van der Waals surface area (Å²) in [6, 6.07) is -0.958. The lowest BCUT2D eigenvalue weighted by Gasteiger charge is -2.49. The molecule has 4 heterocycles. The first-order chi connectivity index (χ1) is 16.2. The van der Waals surface area contributed by atoms with E-state index in [1.165, 1.54) is 36.6 Å². The summed E-state index contributed by atoms with van der Waals surface area (Å²) in [5, 5.41) is 17.3. The number of carboxylic acid groups (broad SMARTS) is 1. The van der Waals surface area contributed by atoms with Crippen molar-refractivity contribution in [3.05, 3.63) is 46.3 Å². The number of thiol groups is 1. The molecule has 0 aliphatic carbocycles. The molecular formula is C19H18N6O6S3. The van der Waals surface area contributed by atoms with Gasteiger partial charge in [-0.1, -0.05) is 5.16 Å². The molecule has 0 bridgehead atoms. The van der Waals surface area contributed by atoms with E-state index in [0.717, 1.165) is 16.2 Å². The van der Waals surface area contributed by atoms with Crippen LogP contribution in [-0.4, -0.2) is 67.7 Å². The highest BCUT2D eigenvalue weighted by atomic mass is 32.2. The summed E-state index contributed by atoms with van der Waals surface area (Å²) >= 11 is 6.77. The van der Waals surface area contributed by atoms with Gasteiger partial charge in [-0.15, -0.1) is 35.7 Å². The summed E-state index contributed by atoms with van der Waals surface area (Å²) in [6.07, 6.45) is 2.96. The summed E-state index contributed by atoms with van der Waals surface area (Å²) in [5.74, 6) is -2.06. The number of fused-ring (bicyclic) bond motifs is 1. The van der Waals surface area contributed by atoms with Gasteiger partial charge in [-0.05, 0) is 18.6 Å². The van der Waals surface area contributed by atoms with Gasteiger partial charge < -0.3 is 25.4 Å². The molecule has 1 fully saturated rings. The van der Waals surface area contributed by atoms with Crippen molar-refractivity contribution in [2.75, 3.05) is 18.6 Å². The third kappa shape index (κ3) is 4.41. The normalized spacial score (nSPS) is 20.7. The van der Waals surface area contributed by atoms with Crippen LogP contribution in [0.25, 0.3) is 4.91 Å². The molecule has 4 N–H and O–H groups in total. The molecule has 15 heteroatoms. The minimum atomic E-state index is -1.28. The number of amides is 2. The Labute approximate surface area is 206 Å². The number of nitrogen functional groups attached to an aromatic ring is 1. The number of nitrogens with one attached hydrogen (secondary N) is 1. The summed E-state index contributed by atoms with van der Waals surface area (Å²) < 4.78 is 5.29. The lowest BCUT2D eigenvalue weighted by molar-refractivity contribution is -0.150. The predicted molar refractivity (Wildman–Crippen MR) is 128 cm³/mol. The predicted octanol–water partition coefficient (Wildman–Crippen LogP) is 1.08. The Kier molecular flexibility index (Phi) is 6.67. The number of anilines is 1. The zero-order valence-corrected chi connectivity index (χ0v) is 20.2. The van der Waals surface area contributed by atoms with Gasteiger partial charge in [-0.3, -0.25) is 14.5 Å². The fourth-order valence-corrected chi connectivity index (χ4v) is 5.47. The summed E-state index contributed by atoms with van der Waals surface area (Å²) in [4.78, 5) is 52.1. The standard InChI is InChI=1S/C19H18N6O6S3/c1-7-4-31-15(21-7)10(32)3-8-5-33-17-12(16(27)25(17)13(8)18(28)29)23-14(26)11(24-30-2)9-6-34-19(20)22-9/h3-4,6,12,17,32H,5H2,1-2H3,(H2,20,22)(H,23,26)(H,28,29). The number of oxazole rings is 1. The second-order valence-electron chi connectivity index (χ2n) is 7.06. The molecule has 2 atom stereocenters. The second kappa shape index (κ2) is 9.52. The molecular weight excluding hydrogens is 504 g/mol. The summed E-state index contributed by atoms with van der Waals surface area (Å²) in [7, 11) is 1.27. The number of carbonyl (C=O) groups excluding carboxylic acids is 2. The number of thioether (sulfide) groups is 1. The Morgan fingerprint density at radius 1 is 1.47 bits per heavy atom. The number of carbonyl (C=O) groups is 3. The van der Waals surface area contributed by atoms with E-state index in [1.54, 1.807) is 6.92 Å². The van der Waals surface area contributed by atoms with Crippen LogP contribution in [-0.2, 0) is 19.2 Å². The van der Waals surface area contributed by atoms with Gasteiger partial charge in [-0.25, -0.2) is 14.8 Å². The van der Waals surface area contributed by atoms with E-state index in [2.05, 4.69) is 33.1 Å². The largest absolute Gasteiger partial charge is 0.477 e. The SMILES string of the molecule is CON=C(C(=O)NC1C(=O)N2C(C(=O)O)=C(C=C(S)c3nc(C)co3)CSC12)c1csc(N)n1. The molecule has 0 radical (unpaired) electrons. The molecule has 0 spiro atoms. The van der Waals surface area contributed by atoms with Crippen molar-refractivity contribution in [2.24, 2.45) is 5.16 Å². The zero-order valence-electron chi connectivity index (χ0n) is 17.7. The van der Waals surface area contributed by atoms with Crippen LogP contribution in [0.2, 0.25) is 0 Å². The number of nitrogens with zero attached hydrogens (tertiary/aromatic N) is 4. The molecule has 4 rings (SSSR count). The number of rotatable bonds is 7. The number of hydrogen-bond donors (Lipinski definition) is 4. The molecule has 0 aromatic carbocycles. The van der Waals surface area contributed by atoms with Crippen molar-refractivity contribution in [3.63, 3.8) is 0 Å². The number of nitrogens with two attached hydrogens (primary N) is 1. The number of allylic oxidation sites excluding steroid dienone is 1. The van der Waals surface area contributed by atoms with Crippen molar-refractivity contribution in [1.82, 2.24) is 20.2 Å². The maximum Gasteiger partial charge on any atom is 0.352 e. The Morgan fingerprint density at radius 2 is 2.24 bits per heavy atom. The van der Waals surface area contributed by atoms with E-state index in [9.17, 15) is 19.5 Å². The van der Waals surface area contributed by atoms with Crippen LogP contribution >= 0.6 is 35.7 Å². The van der Waals surface area contributed by atoms with E-state index in [4.69, 9.17) is 15.0 Å². The number of aliphatic carboxylic acids is 1. The van der Waals surface area contributed by atoms with Gasteiger partial charge in [0.15, 0.2) is 10.8 Å². The van der Waals surface area contributed by atoms with Crippen LogP contribution in [0.3, 0.4) is 0 Å². The zero-order chi connectivity index (χ0) is 24.6. The van der Waals surface area contributed by atoms with Crippen molar-refractivity contribution in [1.29, 1.82) is 0 Å². The molecule has 0 saturated carbocycles. The smallest absolute Gasteiger partial charge is 0.352 e. The van der Waals surface area contributed by atoms with Crippen LogP contribution in [0.1, 0.15) is 17.3 Å². The van der Waals surface area contributed by atoms with Crippen LogP contribution in [0.15, 0.2) is 38.6 Å². The maximum atomic E-state index is 12.9. The number of β-lactam (4-membered cyclic amide) rings is 1. The molecule has 2 aromatic rings. The highest BCUT2D eigenvalue weighted by molar-refractivity contribution is 8.00. The van der Waals surface area contributed by atoms with Crippen molar-refractivity contribution in [3.8, 4) is 0 Å². The van der Waals surface area contributed by atoms with E-state index < -0.39 is 29.2 Å². The third-order valence-corrected chi connectivity index (χ3v) is 7.09. The Bertz CT molecular complexity index is 1260. The van der Waals surface area contributed by atoms with Crippen LogP contribution in [0, 0.1) is 6.92 Å². The first kappa shape index (κ1) is 23.8. The average molecular weight is 523 g/mol. The molecule has 1 saturated heterocycles. The third-order valence-electron chi connectivity index (χ3n) is 4.80. The van der Waals surface area contributed by atoms with Gasteiger partial charge in [-0.2, -0.15) is 0 Å². The van der Waals surface area contributed by atoms with Gasteiger partial charge in [0, 0.05) is 11.1 Å². The van der Waals surface area contributed by atoms with Gasteiger partial charge in [0.05, 0.1) is 10.6 Å². The van der Waals surface area contributed by atoms with Crippen molar-refractivity contribution >= 4 is 69.3 Å². The van der Waals surface area contributed by atoms with Crippen molar-refractivity contribution in [2.45, 2.75) is 18.3 Å². The molecule has 2 unspecified atom stereocenters. The van der Waals surface area contributed by atoms with Gasteiger partial charge in [0.1, 0.15) is 36.2 Å². The van der Waals surface area contributed by atoms with E-state index >= 15 is 0 Å². The van der Waals surface area contributed by atoms with Crippen LogP contribution in [0.4, 0.5) is 5.13 Å². The number of aromatic nitrogens is 2. The number of oxime groups is 1. The molecule has 178 valence electrons. The fraction of sp³-hybridized carbons (Fsp3) is 0.263. The monoisotopic (exact) mass is 522 g/mol. The number of carboxylic acids is 1. The summed E-state index contributed by atoms with van der Waals surface area (Å²) in [5.41, 5.74) is 6.50. The van der Waals surface area contributed by atoms with Gasteiger partial charge >= 0.3 is 5.97 Å². The number of hydrogen-bond acceptors (Lipinski definition) is 12. The van der Waals surface area contributed by atoms with E-state index in [-0.39, 0.29) is 33.9 Å². The topological polar surface area (TPSA) is 173 Å². The first-order valence-corrected chi connectivity index (χ1v) is 12.0. The lowest BCUT2D eigenvalue weighted by Crippen LogP contribution is -2.71. The van der Waals surface area contributed by atoms with Crippen LogP contribution in [0.5, 0.6) is 0 Å². The number of thiazole rings is 1. The minimum Gasteiger partial charge on any atom is -0.477 e. The highest BCUT2D eigenvalue weighted by Gasteiger charge is 2.54. The highest BCUT2D eigenvalue weighted by Crippen LogP contribution is 2.41. The first-order valence-electron chi connectivity index (χ1n) is 9.59. The Balaban J connectivity index is 1.56. The van der Waals surface area contributed by atoms with Gasteiger partial charge in [0.2, 0.25) is 5.89 Å². The molecule has 34 heavy (non-hydrogen) atoms. The van der Waals surface area contributed by atoms with E-state index in [0.29, 0.717) is 16.2 Å². The average Bonchev–Trinajstić information content (AvgIpc) is 3.43. The maximum absolute atomic E-state index is 12.9. The fourth-order valence-electron chi connectivity index (χ4n) is 3.35. The quantitative estimate of drug-likeness (QED) is 0.178. The molecule has 12 nitrogen and oxygen atoms in total. The molecule has 2 amide bonds. The summed E-state index contributed by atoms with van der Waals surface area (Å²) in [6.45, 7) is 1.75. The molecule has 2 aromatic heterocycles. The molecule has 2 aliphatic heterocycles. The Morgan fingerprint density at radius 3 is 2.82 bits per heavy atom. The van der Waals surface area contributed by atoms with Crippen molar-refractivity contribution < 1.29 is 28.7 Å². The van der Waals surface area contributed by atoms with E-state index in [1.807, 2.05) is 0 Å². The lowest BCUT2D eigenvalue weighted by atomic mass is 10.0. The van der Waals surface area contributed by atoms with Crippen LogP contribution < -0.4 is 11.1 Å². The number of aryl methyl sites for hydroxylation is 1. The van der Waals surface area contributed by atoms with Gasteiger partial charge in [0.25, 0.3) is 11.8 Å². The molecule has 2 aliphatic rings. The second-order valence-corrected chi connectivity index (χ2v) is 9.53. The minimum absolute atomic E-state index is 0.152.